The molecule has 0 atom stereocenters. The van der Waals surface area contributed by atoms with E-state index in [1.807, 2.05) is 36.4 Å². The van der Waals surface area contributed by atoms with Crippen LogP contribution in [-0.4, -0.2) is 4.92 Å². The second-order valence-corrected chi connectivity index (χ2v) is 6.34. The van der Waals surface area contributed by atoms with E-state index in [1.165, 1.54) is 0 Å². The molecule has 0 aromatic heterocycles. The molecule has 0 spiro atoms. The highest BCUT2D eigenvalue weighted by atomic mass is 16.6. The maximum absolute atomic E-state index is 10.9. The van der Waals surface area contributed by atoms with Crippen molar-refractivity contribution in [1.82, 2.24) is 0 Å². The van der Waals surface area contributed by atoms with Gasteiger partial charge in [-0.2, -0.15) is 0 Å². The molecule has 0 saturated heterocycles. The largest absolute Gasteiger partial charge is 0.269 e. The Morgan fingerprint density at radius 3 is 1.22 bits per heavy atom. The third-order valence-electron chi connectivity index (χ3n) is 4.56. The minimum Gasteiger partial charge on any atom is -0.258 e. The fourth-order valence-corrected chi connectivity index (χ4v) is 3.16. The van der Waals surface area contributed by atoms with Crippen molar-refractivity contribution < 1.29 is 4.92 Å². The molecule has 0 amide bonds. The summed E-state index contributed by atoms with van der Waals surface area (Å²) in [6.07, 6.45) is 0. The van der Waals surface area contributed by atoms with E-state index >= 15 is 0 Å². The summed E-state index contributed by atoms with van der Waals surface area (Å²) in [6.45, 7) is 0. The van der Waals surface area contributed by atoms with Gasteiger partial charge in [0.05, 0.1) is 4.92 Å². The van der Waals surface area contributed by atoms with Crippen LogP contribution in [0.5, 0.6) is 0 Å². The molecular weight excluding hydrogens is 334 g/mol. The van der Waals surface area contributed by atoms with Gasteiger partial charge in [0.2, 0.25) is 0 Å². The van der Waals surface area contributed by atoms with Crippen molar-refractivity contribution in [1.29, 1.82) is 0 Å². The standard InChI is InChI=1S/C24H17NO2/c26-25(27)24-13-11-20(12-14-24)23-16-21(18-7-3-1-4-8-18)15-22(17-23)19-9-5-2-6-10-19/h1-17H. The number of hydrogen-bond donors (Lipinski definition) is 0. The van der Waals surface area contributed by atoms with E-state index in [0.717, 1.165) is 33.4 Å². The Labute approximate surface area is 157 Å². The lowest BCUT2D eigenvalue weighted by atomic mass is 9.93. The summed E-state index contributed by atoms with van der Waals surface area (Å²) >= 11 is 0. The number of nitrogens with zero attached hydrogens (tertiary/aromatic N) is 1. The lowest BCUT2D eigenvalue weighted by Crippen LogP contribution is -1.88. The summed E-state index contributed by atoms with van der Waals surface area (Å²) < 4.78 is 0. The number of non-ortho nitro benzene ring substituents is 1. The normalized spacial score (nSPS) is 10.5. The van der Waals surface area contributed by atoms with Gasteiger partial charge in [0.15, 0.2) is 0 Å². The zero-order chi connectivity index (χ0) is 18.6. The van der Waals surface area contributed by atoms with Crippen LogP contribution in [-0.2, 0) is 0 Å². The molecule has 4 aromatic rings. The second kappa shape index (κ2) is 7.26. The van der Waals surface area contributed by atoms with Crippen LogP contribution in [0.25, 0.3) is 33.4 Å². The Morgan fingerprint density at radius 1 is 0.481 bits per heavy atom. The van der Waals surface area contributed by atoms with Gasteiger partial charge < -0.3 is 0 Å². The summed E-state index contributed by atoms with van der Waals surface area (Å²) in [5, 5.41) is 10.9. The van der Waals surface area contributed by atoms with Gasteiger partial charge in [-0.05, 0) is 63.7 Å². The number of rotatable bonds is 4. The third kappa shape index (κ3) is 3.62. The van der Waals surface area contributed by atoms with Crippen LogP contribution < -0.4 is 0 Å². The number of benzene rings is 4. The summed E-state index contributed by atoms with van der Waals surface area (Å²) in [7, 11) is 0. The quantitative estimate of drug-likeness (QED) is 0.307. The Bertz CT molecular complexity index is 1010. The maximum atomic E-state index is 10.9. The third-order valence-corrected chi connectivity index (χ3v) is 4.56. The fraction of sp³-hybridized carbons (Fsp3) is 0. The highest BCUT2D eigenvalue weighted by Gasteiger charge is 2.09. The van der Waals surface area contributed by atoms with E-state index in [4.69, 9.17) is 0 Å². The van der Waals surface area contributed by atoms with E-state index in [0.29, 0.717) is 0 Å². The molecule has 0 bridgehead atoms. The van der Waals surface area contributed by atoms with E-state index in [2.05, 4.69) is 42.5 Å². The summed E-state index contributed by atoms with van der Waals surface area (Å²) in [6, 6.07) is 33.6. The SMILES string of the molecule is O=[N+]([O-])c1ccc(-c2cc(-c3ccccc3)cc(-c3ccccc3)c2)cc1. The summed E-state index contributed by atoms with van der Waals surface area (Å²) in [4.78, 5) is 10.6. The maximum Gasteiger partial charge on any atom is 0.269 e. The number of nitro groups is 1. The smallest absolute Gasteiger partial charge is 0.258 e. The summed E-state index contributed by atoms with van der Waals surface area (Å²) in [5.74, 6) is 0. The fourth-order valence-electron chi connectivity index (χ4n) is 3.16. The summed E-state index contributed by atoms with van der Waals surface area (Å²) in [5.41, 5.74) is 6.59. The molecule has 4 aromatic carbocycles. The average Bonchev–Trinajstić information content (AvgIpc) is 2.75. The molecule has 27 heavy (non-hydrogen) atoms. The topological polar surface area (TPSA) is 43.1 Å². The Kier molecular flexibility index (Phi) is 4.50. The first-order chi connectivity index (χ1) is 13.2. The molecule has 0 radical (unpaired) electrons. The molecule has 4 rings (SSSR count). The van der Waals surface area contributed by atoms with Crippen LogP contribution in [0, 0.1) is 10.1 Å². The molecule has 0 aliphatic carbocycles. The molecular formula is C24H17NO2. The number of nitro benzene ring substituents is 1. The first-order valence-electron chi connectivity index (χ1n) is 8.71. The monoisotopic (exact) mass is 351 g/mol. The van der Waals surface area contributed by atoms with Crippen LogP contribution in [0.15, 0.2) is 103 Å². The van der Waals surface area contributed by atoms with Gasteiger partial charge >= 0.3 is 0 Å². The molecule has 0 N–H and O–H groups in total. The Hall–Kier alpha value is -3.72. The first kappa shape index (κ1) is 16.7. The molecule has 130 valence electrons. The van der Waals surface area contributed by atoms with Crippen molar-refractivity contribution >= 4 is 5.69 Å². The molecule has 0 fully saturated rings. The van der Waals surface area contributed by atoms with Crippen molar-refractivity contribution in [2.45, 2.75) is 0 Å². The zero-order valence-corrected chi connectivity index (χ0v) is 14.6. The van der Waals surface area contributed by atoms with Gasteiger partial charge in [0, 0.05) is 12.1 Å². The minimum atomic E-state index is -0.375. The van der Waals surface area contributed by atoms with Crippen LogP contribution in [0.1, 0.15) is 0 Å². The van der Waals surface area contributed by atoms with Crippen molar-refractivity contribution in [3.05, 3.63) is 113 Å². The first-order valence-corrected chi connectivity index (χ1v) is 8.71. The average molecular weight is 351 g/mol. The predicted molar refractivity (Wildman–Crippen MR) is 109 cm³/mol. The van der Waals surface area contributed by atoms with E-state index in [-0.39, 0.29) is 10.6 Å². The molecule has 3 nitrogen and oxygen atoms in total. The molecule has 0 unspecified atom stereocenters. The zero-order valence-electron chi connectivity index (χ0n) is 14.6. The van der Waals surface area contributed by atoms with Crippen molar-refractivity contribution in [2.24, 2.45) is 0 Å². The molecule has 0 saturated carbocycles. The van der Waals surface area contributed by atoms with Gasteiger partial charge in [-0.25, -0.2) is 0 Å². The Balaban J connectivity index is 1.86. The van der Waals surface area contributed by atoms with Gasteiger partial charge in [-0.1, -0.05) is 60.7 Å². The van der Waals surface area contributed by atoms with Crippen molar-refractivity contribution in [3.63, 3.8) is 0 Å². The van der Waals surface area contributed by atoms with Crippen LogP contribution in [0.4, 0.5) is 5.69 Å². The Morgan fingerprint density at radius 2 is 0.852 bits per heavy atom. The van der Waals surface area contributed by atoms with E-state index in [9.17, 15) is 10.1 Å². The second-order valence-electron chi connectivity index (χ2n) is 6.34. The molecule has 0 aliphatic rings. The lowest BCUT2D eigenvalue weighted by Gasteiger charge is -2.11. The molecule has 0 aliphatic heterocycles. The van der Waals surface area contributed by atoms with Gasteiger partial charge in [0.1, 0.15) is 0 Å². The van der Waals surface area contributed by atoms with E-state index in [1.54, 1.807) is 24.3 Å². The van der Waals surface area contributed by atoms with E-state index < -0.39 is 0 Å². The predicted octanol–water partition coefficient (Wildman–Crippen LogP) is 6.60. The van der Waals surface area contributed by atoms with Crippen LogP contribution in [0.2, 0.25) is 0 Å². The highest BCUT2D eigenvalue weighted by Crippen LogP contribution is 2.33. The van der Waals surface area contributed by atoms with Crippen LogP contribution in [0.3, 0.4) is 0 Å². The number of hydrogen-bond acceptors (Lipinski definition) is 2. The van der Waals surface area contributed by atoms with Gasteiger partial charge in [0.25, 0.3) is 5.69 Å². The van der Waals surface area contributed by atoms with Crippen molar-refractivity contribution in [3.8, 4) is 33.4 Å². The van der Waals surface area contributed by atoms with Crippen LogP contribution >= 0.6 is 0 Å². The minimum absolute atomic E-state index is 0.0984. The molecule has 3 heteroatoms. The van der Waals surface area contributed by atoms with Gasteiger partial charge in [-0.3, -0.25) is 10.1 Å². The molecule has 0 heterocycles. The van der Waals surface area contributed by atoms with Crippen molar-refractivity contribution in [2.75, 3.05) is 0 Å². The van der Waals surface area contributed by atoms with Gasteiger partial charge in [-0.15, -0.1) is 0 Å². The highest BCUT2D eigenvalue weighted by molar-refractivity contribution is 5.81. The lowest BCUT2D eigenvalue weighted by molar-refractivity contribution is -0.384.